The lowest BCUT2D eigenvalue weighted by atomic mass is 9.78. The molecule has 0 aromatic carbocycles. The molecule has 8 heteroatoms. The van der Waals surface area contributed by atoms with E-state index in [1.54, 1.807) is 0 Å². The number of hydrogen-bond donors (Lipinski definition) is 2. The lowest BCUT2D eigenvalue weighted by Crippen LogP contribution is -2.68. The summed E-state index contributed by atoms with van der Waals surface area (Å²) in [5.41, 5.74) is 3.43. The van der Waals surface area contributed by atoms with Crippen LogP contribution >= 0.6 is 0 Å². The van der Waals surface area contributed by atoms with E-state index in [0.29, 0.717) is 6.04 Å². The number of carbonyl (C=O) groups is 2. The molecule has 2 N–H and O–H groups in total. The van der Waals surface area contributed by atoms with Gasteiger partial charge in [0.05, 0.1) is 0 Å². The molecule has 0 aromatic rings. The smallest absolute Gasteiger partial charge is 0.241 e. The van der Waals surface area contributed by atoms with Crippen molar-refractivity contribution in [2.24, 2.45) is 5.92 Å². The van der Waals surface area contributed by atoms with Crippen molar-refractivity contribution in [1.82, 2.24) is 30.5 Å². The number of hydrogen-bond acceptors (Lipinski definition) is 6. The fourth-order valence-electron chi connectivity index (χ4n) is 5.67. The highest BCUT2D eigenvalue weighted by Gasteiger charge is 2.50. The van der Waals surface area contributed by atoms with Crippen LogP contribution in [0.3, 0.4) is 0 Å². The van der Waals surface area contributed by atoms with Gasteiger partial charge in [0, 0.05) is 63.8 Å². The van der Waals surface area contributed by atoms with Gasteiger partial charge in [-0.25, -0.2) is 5.01 Å². The molecule has 0 bridgehead atoms. The van der Waals surface area contributed by atoms with Crippen molar-refractivity contribution >= 4 is 11.8 Å². The fourth-order valence-corrected chi connectivity index (χ4v) is 5.67. The SMILES string of the molecule is CCN1C(=O)C2CCNN2C2CCC(C(=O)NCCCN3CCN(C)CC3)CC21. The molecular weight excluding hydrogens is 368 g/mol. The molecule has 0 radical (unpaired) electrons. The van der Waals surface area contributed by atoms with Crippen molar-refractivity contribution in [2.45, 2.75) is 57.2 Å². The van der Waals surface area contributed by atoms with Gasteiger partial charge in [-0.15, -0.1) is 0 Å². The van der Waals surface area contributed by atoms with Crippen molar-refractivity contribution in [3.63, 3.8) is 0 Å². The summed E-state index contributed by atoms with van der Waals surface area (Å²) in [4.78, 5) is 32.6. The van der Waals surface area contributed by atoms with Crippen molar-refractivity contribution in [3.05, 3.63) is 0 Å². The third-order valence-electron chi connectivity index (χ3n) is 7.41. The Labute approximate surface area is 174 Å². The first kappa shape index (κ1) is 21.0. The Kier molecular flexibility index (Phi) is 6.73. The number of nitrogens with one attached hydrogen (secondary N) is 2. The van der Waals surface area contributed by atoms with E-state index in [0.717, 1.165) is 84.5 Å². The lowest BCUT2D eigenvalue weighted by molar-refractivity contribution is -0.155. The van der Waals surface area contributed by atoms with Crippen LogP contribution in [0.1, 0.15) is 39.0 Å². The molecule has 4 aliphatic rings. The molecule has 3 aliphatic heterocycles. The van der Waals surface area contributed by atoms with E-state index in [1.165, 1.54) is 0 Å². The van der Waals surface area contributed by atoms with Crippen LogP contribution in [-0.4, -0.2) is 109 Å². The van der Waals surface area contributed by atoms with E-state index < -0.39 is 0 Å². The second kappa shape index (κ2) is 9.29. The molecule has 8 nitrogen and oxygen atoms in total. The molecule has 3 heterocycles. The summed E-state index contributed by atoms with van der Waals surface area (Å²) in [5, 5.41) is 5.39. The highest BCUT2D eigenvalue weighted by molar-refractivity contribution is 5.84. The van der Waals surface area contributed by atoms with Gasteiger partial charge >= 0.3 is 0 Å². The Morgan fingerprint density at radius 3 is 2.69 bits per heavy atom. The van der Waals surface area contributed by atoms with E-state index in [9.17, 15) is 9.59 Å². The second-order valence-corrected chi connectivity index (χ2v) is 9.18. The number of fused-ring (bicyclic) bond motifs is 3. The molecule has 4 rings (SSSR count). The first-order valence-corrected chi connectivity index (χ1v) is 11.6. The van der Waals surface area contributed by atoms with Crippen LogP contribution in [0.2, 0.25) is 0 Å². The molecule has 0 spiro atoms. The maximum absolute atomic E-state index is 12.9. The van der Waals surface area contributed by atoms with Crippen molar-refractivity contribution in [1.29, 1.82) is 0 Å². The first-order valence-electron chi connectivity index (χ1n) is 11.6. The number of hydrazine groups is 1. The van der Waals surface area contributed by atoms with E-state index in [1.807, 2.05) is 4.90 Å². The number of carbonyl (C=O) groups excluding carboxylic acids is 2. The summed E-state index contributed by atoms with van der Waals surface area (Å²) < 4.78 is 0. The molecule has 3 saturated heterocycles. The zero-order valence-corrected chi connectivity index (χ0v) is 18.1. The van der Waals surface area contributed by atoms with Crippen molar-refractivity contribution < 1.29 is 9.59 Å². The van der Waals surface area contributed by atoms with E-state index in [4.69, 9.17) is 0 Å². The largest absolute Gasteiger partial charge is 0.356 e. The summed E-state index contributed by atoms with van der Waals surface area (Å²) in [7, 11) is 2.17. The molecule has 164 valence electrons. The van der Waals surface area contributed by atoms with Crippen LogP contribution in [0.25, 0.3) is 0 Å². The predicted molar refractivity (Wildman–Crippen MR) is 112 cm³/mol. The van der Waals surface area contributed by atoms with Gasteiger partial charge in [0.25, 0.3) is 0 Å². The minimum atomic E-state index is -0.00356. The standard InChI is InChI=1S/C21H38N6O2/c1-3-26-19-15-16(5-6-17(19)27-18(21(26)29)7-9-23-27)20(28)22-8-4-10-25-13-11-24(2)12-14-25/h16-19,23H,3-15H2,1-2H3,(H,22,28). The van der Waals surface area contributed by atoms with Crippen LogP contribution < -0.4 is 10.7 Å². The Balaban J connectivity index is 1.25. The van der Waals surface area contributed by atoms with Gasteiger partial charge in [-0.1, -0.05) is 0 Å². The van der Waals surface area contributed by atoms with Gasteiger partial charge in [0.1, 0.15) is 6.04 Å². The van der Waals surface area contributed by atoms with Crippen molar-refractivity contribution in [2.75, 3.05) is 59.4 Å². The zero-order chi connectivity index (χ0) is 20.4. The van der Waals surface area contributed by atoms with Crippen LogP contribution in [0, 0.1) is 5.92 Å². The fraction of sp³-hybridized carbons (Fsp3) is 0.905. The highest BCUT2D eigenvalue weighted by atomic mass is 16.2. The minimum Gasteiger partial charge on any atom is -0.356 e. The molecule has 1 saturated carbocycles. The van der Waals surface area contributed by atoms with Crippen LogP contribution in [0.15, 0.2) is 0 Å². The quantitative estimate of drug-likeness (QED) is 0.591. The third kappa shape index (κ3) is 4.45. The van der Waals surface area contributed by atoms with Gasteiger partial charge in [0.2, 0.25) is 11.8 Å². The molecule has 4 atom stereocenters. The average molecular weight is 407 g/mol. The molecule has 2 amide bonds. The van der Waals surface area contributed by atoms with Gasteiger partial charge in [-0.2, -0.15) is 0 Å². The number of rotatable bonds is 6. The number of amides is 2. The van der Waals surface area contributed by atoms with Crippen LogP contribution in [0.5, 0.6) is 0 Å². The summed E-state index contributed by atoms with van der Waals surface area (Å²) in [6, 6.07) is 0.502. The molecule has 4 fully saturated rings. The Hall–Kier alpha value is -1.22. The Morgan fingerprint density at radius 1 is 1.14 bits per heavy atom. The van der Waals surface area contributed by atoms with Crippen LogP contribution in [-0.2, 0) is 9.59 Å². The normalized spacial score (nSPS) is 34.1. The first-order chi connectivity index (χ1) is 14.1. The summed E-state index contributed by atoms with van der Waals surface area (Å²) in [6.07, 6.45) is 4.60. The highest BCUT2D eigenvalue weighted by Crippen LogP contribution is 2.37. The second-order valence-electron chi connectivity index (χ2n) is 9.18. The number of nitrogens with zero attached hydrogens (tertiary/aromatic N) is 4. The summed E-state index contributed by atoms with van der Waals surface area (Å²) in [5.74, 6) is 0.453. The molecule has 0 aromatic heterocycles. The molecule has 1 aliphatic carbocycles. The molecule has 4 unspecified atom stereocenters. The number of likely N-dealkylation sites (N-methyl/N-ethyl adjacent to an activating group) is 2. The summed E-state index contributed by atoms with van der Waals surface area (Å²) >= 11 is 0. The third-order valence-corrected chi connectivity index (χ3v) is 7.41. The van der Waals surface area contributed by atoms with E-state index >= 15 is 0 Å². The molecule has 29 heavy (non-hydrogen) atoms. The average Bonchev–Trinajstić information content (AvgIpc) is 3.23. The van der Waals surface area contributed by atoms with Crippen LogP contribution in [0.4, 0.5) is 0 Å². The predicted octanol–water partition coefficient (Wildman–Crippen LogP) is -0.282. The lowest BCUT2D eigenvalue weighted by Gasteiger charge is -2.51. The number of piperazine rings is 2. The minimum absolute atomic E-state index is 0.00356. The summed E-state index contributed by atoms with van der Waals surface area (Å²) in [6.45, 7) is 10.0. The zero-order valence-electron chi connectivity index (χ0n) is 18.1. The van der Waals surface area contributed by atoms with Gasteiger partial charge in [0.15, 0.2) is 0 Å². The van der Waals surface area contributed by atoms with E-state index in [2.05, 4.69) is 39.5 Å². The van der Waals surface area contributed by atoms with E-state index in [-0.39, 0.29) is 29.8 Å². The Morgan fingerprint density at radius 2 is 1.93 bits per heavy atom. The Bertz CT molecular complexity index is 594. The van der Waals surface area contributed by atoms with Gasteiger partial charge in [-0.3, -0.25) is 15.0 Å². The van der Waals surface area contributed by atoms with Gasteiger partial charge < -0.3 is 20.0 Å². The maximum Gasteiger partial charge on any atom is 0.241 e. The van der Waals surface area contributed by atoms with Crippen molar-refractivity contribution in [3.8, 4) is 0 Å². The topological polar surface area (TPSA) is 71.2 Å². The maximum atomic E-state index is 12.9. The molecular formula is C21H38N6O2. The monoisotopic (exact) mass is 406 g/mol. The van der Waals surface area contributed by atoms with Gasteiger partial charge in [-0.05, 0) is 52.6 Å².